The first-order valence-electron chi connectivity index (χ1n) is 10.5. The van der Waals surface area contributed by atoms with Gasteiger partial charge in [0, 0.05) is 32.6 Å². The standard InChI is InChI=1S/C26H17N3O4S2/c1-14-18(6-9-34-14)24-3-2-23(35-24)15-4-7-27-19(10-15)21-12-17(26(32)33)13-22(29-21)20-11-16(25(30)31)5-8-28-20/h2-13H,1H3,(H,30,31)(H,32,33). The van der Waals surface area contributed by atoms with Crippen molar-refractivity contribution in [2.45, 2.75) is 6.92 Å². The van der Waals surface area contributed by atoms with E-state index in [0.717, 1.165) is 10.4 Å². The van der Waals surface area contributed by atoms with Gasteiger partial charge < -0.3 is 10.2 Å². The summed E-state index contributed by atoms with van der Waals surface area (Å²) in [4.78, 5) is 39.9. The zero-order valence-corrected chi connectivity index (χ0v) is 19.9. The summed E-state index contributed by atoms with van der Waals surface area (Å²) in [6.07, 6.45) is 3.02. The number of carbonyl (C=O) groups is 2. The average molecular weight is 500 g/mol. The summed E-state index contributed by atoms with van der Waals surface area (Å²) < 4.78 is 0. The van der Waals surface area contributed by atoms with E-state index in [0.29, 0.717) is 11.4 Å². The van der Waals surface area contributed by atoms with E-state index in [-0.39, 0.29) is 22.5 Å². The van der Waals surface area contributed by atoms with Gasteiger partial charge in [-0.15, -0.1) is 22.7 Å². The van der Waals surface area contributed by atoms with Gasteiger partial charge in [0.25, 0.3) is 0 Å². The highest BCUT2D eigenvalue weighted by Crippen LogP contribution is 2.38. The van der Waals surface area contributed by atoms with Crippen LogP contribution in [0.3, 0.4) is 0 Å². The zero-order chi connectivity index (χ0) is 24.5. The lowest BCUT2D eigenvalue weighted by Gasteiger charge is -2.08. The molecule has 5 heterocycles. The predicted octanol–water partition coefficient (Wildman–Crippen LogP) is 6.37. The highest BCUT2D eigenvalue weighted by Gasteiger charge is 2.15. The van der Waals surface area contributed by atoms with Crippen LogP contribution >= 0.6 is 22.7 Å². The minimum absolute atomic E-state index is 0.00562. The molecule has 35 heavy (non-hydrogen) atoms. The number of carboxylic acid groups (broad SMARTS) is 2. The van der Waals surface area contributed by atoms with Crippen LogP contribution in [0.5, 0.6) is 0 Å². The molecule has 0 aliphatic heterocycles. The smallest absolute Gasteiger partial charge is 0.335 e. The van der Waals surface area contributed by atoms with E-state index in [1.165, 1.54) is 45.8 Å². The molecule has 5 aromatic rings. The van der Waals surface area contributed by atoms with Crippen LogP contribution in [-0.2, 0) is 0 Å². The van der Waals surface area contributed by atoms with Crippen molar-refractivity contribution in [1.82, 2.24) is 15.0 Å². The molecule has 9 heteroatoms. The number of aromatic carboxylic acids is 2. The number of thiophene rings is 2. The summed E-state index contributed by atoms with van der Waals surface area (Å²) in [6.45, 7) is 2.10. The van der Waals surface area contributed by atoms with Crippen LogP contribution in [0.2, 0.25) is 0 Å². The molecule has 0 aliphatic carbocycles. The third kappa shape index (κ3) is 4.59. The second-order valence-electron chi connectivity index (χ2n) is 7.65. The van der Waals surface area contributed by atoms with Gasteiger partial charge in [0.1, 0.15) is 0 Å². The van der Waals surface area contributed by atoms with E-state index in [2.05, 4.69) is 45.5 Å². The summed E-state index contributed by atoms with van der Waals surface area (Å²) in [6, 6.07) is 15.6. The molecule has 0 radical (unpaired) electrons. The number of aromatic nitrogens is 3. The van der Waals surface area contributed by atoms with Crippen LogP contribution in [-0.4, -0.2) is 37.1 Å². The van der Waals surface area contributed by atoms with Crippen molar-refractivity contribution in [3.8, 4) is 43.7 Å². The summed E-state index contributed by atoms with van der Waals surface area (Å²) >= 11 is 3.39. The number of hydrogen-bond donors (Lipinski definition) is 2. The molecule has 7 nitrogen and oxygen atoms in total. The maximum absolute atomic E-state index is 11.8. The van der Waals surface area contributed by atoms with Gasteiger partial charge in [-0.1, -0.05) is 0 Å². The van der Waals surface area contributed by atoms with Crippen molar-refractivity contribution < 1.29 is 19.8 Å². The Labute approximate surface area is 208 Å². The number of pyridine rings is 3. The molecule has 0 saturated heterocycles. The molecule has 0 bridgehead atoms. The van der Waals surface area contributed by atoms with Crippen LogP contribution in [0.15, 0.2) is 72.4 Å². The highest BCUT2D eigenvalue weighted by atomic mass is 32.1. The fourth-order valence-corrected chi connectivity index (χ4v) is 5.49. The van der Waals surface area contributed by atoms with Crippen molar-refractivity contribution in [2.75, 3.05) is 0 Å². The lowest BCUT2D eigenvalue weighted by Crippen LogP contribution is -2.02. The van der Waals surface area contributed by atoms with E-state index in [1.54, 1.807) is 28.9 Å². The Morgan fingerprint density at radius 2 is 1.37 bits per heavy atom. The SMILES string of the molecule is Cc1sccc1-c1ccc(-c2ccnc(-c3cc(C(=O)O)cc(-c4cc(C(=O)O)ccn4)n3)c2)s1. The first-order valence-corrected chi connectivity index (χ1v) is 12.1. The molecular formula is C26H17N3O4S2. The van der Waals surface area contributed by atoms with E-state index >= 15 is 0 Å². The van der Waals surface area contributed by atoms with Gasteiger partial charge in [-0.3, -0.25) is 9.97 Å². The molecule has 0 fully saturated rings. The molecule has 172 valence electrons. The number of carboxylic acids is 2. The number of hydrogen-bond acceptors (Lipinski definition) is 7. The van der Waals surface area contributed by atoms with Gasteiger partial charge in [-0.2, -0.15) is 0 Å². The Kier molecular flexibility index (Phi) is 5.94. The molecule has 0 amide bonds. The topological polar surface area (TPSA) is 113 Å². The number of nitrogens with zero attached hydrogens (tertiary/aromatic N) is 3. The molecule has 5 aromatic heterocycles. The first kappa shape index (κ1) is 22.6. The van der Waals surface area contributed by atoms with Crippen molar-refractivity contribution in [3.63, 3.8) is 0 Å². The second-order valence-corrected chi connectivity index (χ2v) is 9.85. The molecule has 0 atom stereocenters. The fourth-order valence-electron chi connectivity index (χ4n) is 3.62. The van der Waals surface area contributed by atoms with Gasteiger partial charge in [0.2, 0.25) is 0 Å². The zero-order valence-electron chi connectivity index (χ0n) is 18.3. The molecular weight excluding hydrogens is 482 g/mol. The van der Waals surface area contributed by atoms with Crippen molar-refractivity contribution in [3.05, 3.63) is 88.4 Å². The Morgan fingerprint density at radius 1 is 0.743 bits per heavy atom. The number of aryl methyl sites for hydroxylation is 1. The van der Waals surface area contributed by atoms with Crippen LogP contribution < -0.4 is 0 Å². The maximum Gasteiger partial charge on any atom is 0.335 e. The van der Waals surface area contributed by atoms with Crippen LogP contribution in [0.1, 0.15) is 25.6 Å². The van der Waals surface area contributed by atoms with Gasteiger partial charge in [0.05, 0.1) is 33.9 Å². The fraction of sp³-hybridized carbons (Fsp3) is 0.0385. The Balaban J connectivity index is 1.57. The molecule has 0 aliphatic rings. The third-order valence-electron chi connectivity index (χ3n) is 5.38. The molecule has 0 spiro atoms. The molecule has 5 rings (SSSR count). The first-order chi connectivity index (χ1) is 16.9. The van der Waals surface area contributed by atoms with Gasteiger partial charge in [0.15, 0.2) is 0 Å². The number of rotatable bonds is 6. The molecule has 0 aromatic carbocycles. The van der Waals surface area contributed by atoms with Crippen molar-refractivity contribution in [2.24, 2.45) is 0 Å². The molecule has 2 N–H and O–H groups in total. The van der Waals surface area contributed by atoms with Crippen LogP contribution in [0.25, 0.3) is 43.7 Å². The third-order valence-corrected chi connectivity index (χ3v) is 7.39. The monoisotopic (exact) mass is 499 g/mol. The van der Waals surface area contributed by atoms with Crippen molar-refractivity contribution >= 4 is 34.6 Å². The van der Waals surface area contributed by atoms with E-state index < -0.39 is 11.9 Å². The summed E-state index contributed by atoms with van der Waals surface area (Å²) in [5.74, 6) is -2.24. The maximum atomic E-state index is 11.8. The van der Waals surface area contributed by atoms with Gasteiger partial charge >= 0.3 is 11.9 Å². The van der Waals surface area contributed by atoms with Gasteiger partial charge in [-0.05, 0) is 72.5 Å². The largest absolute Gasteiger partial charge is 0.478 e. The highest BCUT2D eigenvalue weighted by molar-refractivity contribution is 7.19. The lowest BCUT2D eigenvalue weighted by molar-refractivity contribution is 0.0686. The quantitative estimate of drug-likeness (QED) is 0.279. The van der Waals surface area contributed by atoms with E-state index in [1.807, 2.05) is 12.1 Å². The van der Waals surface area contributed by atoms with E-state index in [4.69, 9.17) is 0 Å². The minimum Gasteiger partial charge on any atom is -0.478 e. The molecule has 0 saturated carbocycles. The van der Waals surface area contributed by atoms with Crippen LogP contribution in [0, 0.1) is 6.92 Å². The Morgan fingerprint density at radius 3 is 2.03 bits per heavy atom. The lowest BCUT2D eigenvalue weighted by atomic mass is 10.1. The minimum atomic E-state index is -1.13. The Bertz CT molecular complexity index is 1590. The predicted molar refractivity (Wildman–Crippen MR) is 136 cm³/mol. The summed E-state index contributed by atoms with van der Waals surface area (Å²) in [5, 5.41) is 21.0. The van der Waals surface area contributed by atoms with Gasteiger partial charge in [-0.25, -0.2) is 14.6 Å². The Hall–Kier alpha value is -4.21. The summed E-state index contributed by atoms with van der Waals surface area (Å²) in [5.41, 5.74) is 3.57. The normalized spacial score (nSPS) is 10.9. The van der Waals surface area contributed by atoms with E-state index in [9.17, 15) is 19.8 Å². The average Bonchev–Trinajstić information content (AvgIpc) is 3.53. The summed E-state index contributed by atoms with van der Waals surface area (Å²) in [7, 11) is 0. The second kappa shape index (κ2) is 9.21. The van der Waals surface area contributed by atoms with Crippen LogP contribution in [0.4, 0.5) is 0 Å². The van der Waals surface area contributed by atoms with Crippen molar-refractivity contribution in [1.29, 1.82) is 0 Å². The molecule has 0 unspecified atom stereocenters.